The van der Waals surface area contributed by atoms with Crippen LogP contribution in [0, 0.1) is 5.92 Å². The first-order chi connectivity index (χ1) is 12.1. The Morgan fingerprint density at radius 3 is 2.72 bits per heavy atom. The fourth-order valence-electron chi connectivity index (χ4n) is 3.14. The van der Waals surface area contributed by atoms with Crippen LogP contribution in [0.4, 0.5) is 0 Å². The van der Waals surface area contributed by atoms with Crippen LogP contribution in [0.3, 0.4) is 0 Å². The zero-order valence-corrected chi connectivity index (χ0v) is 14.6. The second kappa shape index (κ2) is 8.12. The standard InChI is InChI=1S/C20H24N2O3/c1-16(20(24)22-19(23)11-14-25-22)15-18-10-6-13-21(18)12-5-9-17-7-3-2-4-8-17/h2-4,6-8,10,13,16H,5,9,11-12,14-15H2,1H3/t16-/m1/s1. The van der Waals surface area contributed by atoms with Gasteiger partial charge in [0.05, 0.1) is 13.0 Å². The Bertz CT molecular complexity index is 724. The number of aryl methyl sites for hydroxylation is 2. The summed E-state index contributed by atoms with van der Waals surface area (Å²) >= 11 is 0. The number of benzene rings is 1. The Morgan fingerprint density at radius 1 is 1.20 bits per heavy atom. The van der Waals surface area contributed by atoms with Gasteiger partial charge in [-0.3, -0.25) is 14.4 Å². The quantitative estimate of drug-likeness (QED) is 0.778. The zero-order valence-electron chi connectivity index (χ0n) is 14.6. The minimum absolute atomic E-state index is 0.241. The molecule has 1 aliphatic heterocycles. The van der Waals surface area contributed by atoms with Crippen LogP contribution in [0.25, 0.3) is 0 Å². The number of amides is 2. The number of imide groups is 1. The Labute approximate surface area is 148 Å². The van der Waals surface area contributed by atoms with Crippen molar-refractivity contribution in [1.29, 1.82) is 0 Å². The molecule has 5 heteroatoms. The molecule has 0 aliphatic carbocycles. The lowest BCUT2D eigenvalue weighted by atomic mass is 10.0. The minimum atomic E-state index is -0.287. The molecule has 25 heavy (non-hydrogen) atoms. The Balaban J connectivity index is 1.54. The summed E-state index contributed by atoms with van der Waals surface area (Å²) in [6, 6.07) is 14.5. The van der Waals surface area contributed by atoms with Crippen LogP contribution in [-0.4, -0.2) is 28.1 Å². The fraction of sp³-hybridized carbons (Fsp3) is 0.400. The van der Waals surface area contributed by atoms with E-state index in [2.05, 4.69) is 35.0 Å². The summed E-state index contributed by atoms with van der Waals surface area (Å²) < 4.78 is 2.19. The lowest BCUT2D eigenvalue weighted by Gasteiger charge is -2.18. The van der Waals surface area contributed by atoms with Crippen molar-refractivity contribution in [3.05, 3.63) is 59.9 Å². The third-order valence-electron chi connectivity index (χ3n) is 4.53. The van der Waals surface area contributed by atoms with Gasteiger partial charge in [-0.25, -0.2) is 0 Å². The molecule has 0 saturated carbocycles. The molecule has 1 aromatic carbocycles. The summed E-state index contributed by atoms with van der Waals surface area (Å²) in [5, 5.41) is 0.938. The van der Waals surface area contributed by atoms with Gasteiger partial charge in [0.1, 0.15) is 0 Å². The number of rotatable bonds is 7. The van der Waals surface area contributed by atoms with E-state index in [9.17, 15) is 9.59 Å². The van der Waals surface area contributed by atoms with Crippen LogP contribution in [-0.2, 0) is 33.8 Å². The summed E-state index contributed by atoms with van der Waals surface area (Å²) in [5.74, 6) is -0.778. The first-order valence-corrected chi connectivity index (χ1v) is 8.83. The first kappa shape index (κ1) is 17.4. The highest BCUT2D eigenvalue weighted by Crippen LogP contribution is 2.17. The van der Waals surface area contributed by atoms with Gasteiger partial charge >= 0.3 is 0 Å². The molecule has 132 valence electrons. The highest BCUT2D eigenvalue weighted by molar-refractivity contribution is 5.95. The van der Waals surface area contributed by atoms with Crippen LogP contribution >= 0.6 is 0 Å². The van der Waals surface area contributed by atoms with Gasteiger partial charge in [-0.05, 0) is 37.0 Å². The molecule has 0 unspecified atom stereocenters. The van der Waals surface area contributed by atoms with E-state index in [4.69, 9.17) is 4.84 Å². The summed E-state index contributed by atoms with van der Waals surface area (Å²) in [5.41, 5.74) is 2.45. The molecular weight excluding hydrogens is 316 g/mol. The van der Waals surface area contributed by atoms with E-state index in [1.807, 2.05) is 25.1 Å². The monoisotopic (exact) mass is 340 g/mol. The molecular formula is C20H24N2O3. The van der Waals surface area contributed by atoms with Gasteiger partial charge in [-0.15, -0.1) is 0 Å². The molecule has 0 N–H and O–H groups in total. The average molecular weight is 340 g/mol. The van der Waals surface area contributed by atoms with Crippen LogP contribution in [0.1, 0.15) is 31.0 Å². The van der Waals surface area contributed by atoms with Crippen LogP contribution in [0.15, 0.2) is 48.7 Å². The number of hydrogen-bond acceptors (Lipinski definition) is 3. The Kier molecular flexibility index (Phi) is 5.66. The third-order valence-corrected chi connectivity index (χ3v) is 4.53. The van der Waals surface area contributed by atoms with Crippen LogP contribution < -0.4 is 0 Å². The number of nitrogens with zero attached hydrogens (tertiary/aromatic N) is 2. The molecule has 1 fully saturated rings. The smallest absolute Gasteiger partial charge is 0.256 e. The summed E-state index contributed by atoms with van der Waals surface area (Å²) in [6.07, 6.45) is 5.01. The number of carbonyl (C=O) groups excluding carboxylic acids is 2. The van der Waals surface area contributed by atoms with Crippen LogP contribution in [0.5, 0.6) is 0 Å². The molecule has 1 aromatic heterocycles. The molecule has 5 nitrogen and oxygen atoms in total. The highest BCUT2D eigenvalue weighted by Gasteiger charge is 2.31. The zero-order chi connectivity index (χ0) is 17.6. The largest absolute Gasteiger partial charge is 0.351 e. The van der Waals surface area contributed by atoms with Crippen molar-refractivity contribution in [1.82, 2.24) is 9.63 Å². The molecule has 0 spiro atoms. The normalized spacial score (nSPS) is 15.6. The van der Waals surface area contributed by atoms with Crippen molar-refractivity contribution < 1.29 is 14.4 Å². The molecule has 3 rings (SSSR count). The van der Waals surface area contributed by atoms with E-state index in [1.165, 1.54) is 5.56 Å². The second-order valence-electron chi connectivity index (χ2n) is 6.50. The van der Waals surface area contributed by atoms with Crippen LogP contribution in [0.2, 0.25) is 0 Å². The lowest BCUT2D eigenvalue weighted by molar-refractivity contribution is -0.181. The first-order valence-electron chi connectivity index (χ1n) is 8.83. The van der Waals surface area contributed by atoms with E-state index in [0.29, 0.717) is 13.0 Å². The number of carbonyl (C=O) groups is 2. The number of hydrogen-bond donors (Lipinski definition) is 0. The molecule has 0 bridgehead atoms. The molecule has 1 aliphatic rings. The van der Waals surface area contributed by atoms with Gasteiger partial charge in [-0.2, -0.15) is 5.06 Å². The van der Waals surface area contributed by atoms with Crippen molar-refractivity contribution in [2.24, 2.45) is 5.92 Å². The maximum Gasteiger partial charge on any atom is 0.256 e. The van der Waals surface area contributed by atoms with Gasteiger partial charge in [0.25, 0.3) is 11.8 Å². The van der Waals surface area contributed by atoms with Gasteiger partial charge in [-0.1, -0.05) is 37.3 Å². The lowest BCUT2D eigenvalue weighted by Crippen LogP contribution is -2.36. The molecule has 2 amide bonds. The van der Waals surface area contributed by atoms with Gasteiger partial charge in [0, 0.05) is 24.4 Å². The van der Waals surface area contributed by atoms with E-state index >= 15 is 0 Å². The highest BCUT2D eigenvalue weighted by atomic mass is 16.7. The maximum absolute atomic E-state index is 12.4. The Hall–Kier alpha value is -2.40. The maximum atomic E-state index is 12.4. The van der Waals surface area contributed by atoms with Gasteiger partial charge in [0.2, 0.25) is 0 Å². The molecule has 0 radical (unpaired) electrons. The fourth-order valence-corrected chi connectivity index (χ4v) is 3.14. The number of aromatic nitrogens is 1. The summed E-state index contributed by atoms with van der Waals surface area (Å²) in [4.78, 5) is 29.1. The summed E-state index contributed by atoms with van der Waals surface area (Å²) in [6.45, 7) is 3.06. The Morgan fingerprint density at radius 2 is 2.00 bits per heavy atom. The van der Waals surface area contributed by atoms with Crippen molar-refractivity contribution in [2.75, 3.05) is 6.61 Å². The van der Waals surface area contributed by atoms with E-state index in [-0.39, 0.29) is 24.2 Å². The molecule has 2 aromatic rings. The predicted molar refractivity (Wildman–Crippen MR) is 94.5 cm³/mol. The molecule has 1 atom stereocenters. The molecule has 2 heterocycles. The van der Waals surface area contributed by atoms with Crippen molar-refractivity contribution in [2.45, 2.75) is 39.2 Å². The van der Waals surface area contributed by atoms with Crippen molar-refractivity contribution in [3.8, 4) is 0 Å². The van der Waals surface area contributed by atoms with E-state index in [1.54, 1.807) is 0 Å². The summed E-state index contributed by atoms with van der Waals surface area (Å²) in [7, 11) is 0. The van der Waals surface area contributed by atoms with Crippen molar-refractivity contribution >= 4 is 11.8 Å². The third kappa shape index (κ3) is 4.37. The second-order valence-corrected chi connectivity index (χ2v) is 6.50. The number of hydroxylamine groups is 2. The predicted octanol–water partition coefficient (Wildman–Crippen LogP) is 2.99. The molecule has 1 saturated heterocycles. The van der Waals surface area contributed by atoms with Crippen molar-refractivity contribution in [3.63, 3.8) is 0 Å². The van der Waals surface area contributed by atoms with E-state index in [0.717, 1.165) is 30.1 Å². The minimum Gasteiger partial charge on any atom is -0.351 e. The average Bonchev–Trinajstić information content (AvgIpc) is 3.24. The van der Waals surface area contributed by atoms with Gasteiger partial charge in [0.15, 0.2) is 0 Å². The van der Waals surface area contributed by atoms with E-state index < -0.39 is 0 Å². The van der Waals surface area contributed by atoms with Gasteiger partial charge < -0.3 is 4.57 Å². The SMILES string of the molecule is C[C@H](Cc1cccn1CCCc1ccccc1)C(=O)N1OCCC1=O. The topological polar surface area (TPSA) is 51.5 Å².